The molecule has 0 aliphatic carbocycles. The Labute approximate surface area is 124 Å². The molecular weight excluding hydrogens is 283 g/mol. The predicted molar refractivity (Wildman–Crippen MR) is 81.6 cm³/mol. The fraction of sp³-hybridized carbons (Fsp3) is 0.0625. The topological polar surface area (TPSA) is 52.7 Å². The van der Waals surface area contributed by atoms with E-state index in [1.54, 1.807) is 29.2 Å². The van der Waals surface area contributed by atoms with Gasteiger partial charge in [0.05, 0.1) is 16.7 Å². The van der Waals surface area contributed by atoms with Crippen molar-refractivity contribution in [3.05, 3.63) is 65.1 Å². The molecule has 0 aliphatic heterocycles. The van der Waals surface area contributed by atoms with Crippen LogP contribution in [0.4, 0.5) is 4.39 Å². The lowest BCUT2D eigenvalue weighted by molar-refractivity contribution is 0.629. The Morgan fingerprint density at radius 1 is 1.05 bits per heavy atom. The highest BCUT2D eigenvalue weighted by Gasteiger charge is 2.10. The minimum atomic E-state index is -0.414. The largest absolute Gasteiger partial charge is 0.343 e. The van der Waals surface area contributed by atoms with Gasteiger partial charge in [-0.25, -0.2) is 14.1 Å². The molecule has 0 unspecified atom stereocenters. The Hall–Kier alpha value is -3.02. The Kier molecular flexibility index (Phi) is 2.59. The molecule has 0 atom stereocenters. The predicted octanol–water partition coefficient (Wildman–Crippen LogP) is 2.41. The van der Waals surface area contributed by atoms with Gasteiger partial charge in [-0.1, -0.05) is 0 Å². The smallest absolute Gasteiger partial charge is 0.197 e. The summed E-state index contributed by atoms with van der Waals surface area (Å²) in [7, 11) is 1.85. The van der Waals surface area contributed by atoms with Gasteiger partial charge in [-0.2, -0.15) is 5.10 Å². The molecule has 0 fully saturated rings. The van der Waals surface area contributed by atoms with Crippen molar-refractivity contribution in [1.29, 1.82) is 0 Å². The molecule has 2 aromatic heterocycles. The Morgan fingerprint density at radius 3 is 2.68 bits per heavy atom. The van der Waals surface area contributed by atoms with Gasteiger partial charge in [-0.05, 0) is 36.4 Å². The van der Waals surface area contributed by atoms with Crippen LogP contribution in [-0.2, 0) is 7.05 Å². The summed E-state index contributed by atoms with van der Waals surface area (Å²) in [6.45, 7) is 0. The molecule has 0 radical (unpaired) electrons. The summed E-state index contributed by atoms with van der Waals surface area (Å²) in [5.41, 5.74) is 2.08. The van der Waals surface area contributed by atoms with E-state index in [-0.39, 0.29) is 5.43 Å². The van der Waals surface area contributed by atoms with Gasteiger partial charge in [0, 0.05) is 17.8 Å². The van der Waals surface area contributed by atoms with E-state index in [1.165, 1.54) is 18.5 Å². The van der Waals surface area contributed by atoms with Crippen molar-refractivity contribution in [1.82, 2.24) is 19.3 Å². The summed E-state index contributed by atoms with van der Waals surface area (Å²) in [5, 5.41) is 5.01. The van der Waals surface area contributed by atoms with E-state index in [2.05, 4.69) is 10.1 Å². The molecule has 108 valence electrons. The molecule has 0 N–H and O–H groups in total. The zero-order chi connectivity index (χ0) is 15.3. The second-order valence-electron chi connectivity index (χ2n) is 5.09. The van der Waals surface area contributed by atoms with Crippen molar-refractivity contribution < 1.29 is 4.39 Å². The SMILES string of the molecule is Cn1c2ccc(F)cc2c(=O)c2ccc(-n3cncn3)cc21. The maximum Gasteiger partial charge on any atom is 0.197 e. The average Bonchev–Trinajstić information content (AvgIpc) is 3.06. The minimum absolute atomic E-state index is 0.173. The van der Waals surface area contributed by atoms with E-state index >= 15 is 0 Å². The number of halogens is 1. The number of hydrogen-bond acceptors (Lipinski definition) is 3. The first-order chi connectivity index (χ1) is 10.6. The molecule has 2 aromatic carbocycles. The number of aryl methyl sites for hydroxylation is 1. The summed E-state index contributed by atoms with van der Waals surface area (Å²) < 4.78 is 16.9. The Balaban J connectivity index is 2.13. The van der Waals surface area contributed by atoms with Crippen LogP contribution in [0.1, 0.15) is 0 Å². The van der Waals surface area contributed by atoms with Gasteiger partial charge in [-0.15, -0.1) is 0 Å². The van der Waals surface area contributed by atoms with Gasteiger partial charge < -0.3 is 4.57 Å². The van der Waals surface area contributed by atoms with Crippen LogP contribution in [-0.4, -0.2) is 19.3 Å². The van der Waals surface area contributed by atoms with Crippen LogP contribution < -0.4 is 5.43 Å². The average molecular weight is 294 g/mol. The Bertz CT molecular complexity index is 1070. The van der Waals surface area contributed by atoms with E-state index in [1.807, 2.05) is 17.7 Å². The fourth-order valence-corrected chi connectivity index (χ4v) is 2.73. The molecule has 4 aromatic rings. The van der Waals surface area contributed by atoms with Crippen LogP contribution in [0.5, 0.6) is 0 Å². The molecule has 2 heterocycles. The molecule has 0 saturated carbocycles. The van der Waals surface area contributed by atoms with Gasteiger partial charge in [-0.3, -0.25) is 4.79 Å². The van der Waals surface area contributed by atoms with Crippen LogP contribution in [0.25, 0.3) is 27.5 Å². The maximum absolute atomic E-state index is 13.4. The summed E-state index contributed by atoms with van der Waals surface area (Å²) in [4.78, 5) is 16.5. The van der Waals surface area contributed by atoms with Crippen molar-refractivity contribution in [3.8, 4) is 5.69 Å². The van der Waals surface area contributed by atoms with Crippen LogP contribution in [0.3, 0.4) is 0 Å². The molecule has 4 rings (SSSR count). The van der Waals surface area contributed by atoms with Crippen molar-refractivity contribution in [2.75, 3.05) is 0 Å². The van der Waals surface area contributed by atoms with Gasteiger partial charge in [0.25, 0.3) is 0 Å². The molecule has 0 spiro atoms. The van der Waals surface area contributed by atoms with Crippen molar-refractivity contribution >= 4 is 21.8 Å². The third-order valence-electron chi connectivity index (χ3n) is 3.84. The molecule has 22 heavy (non-hydrogen) atoms. The molecular formula is C16H11FN4O. The molecule has 0 saturated heterocycles. The first-order valence-electron chi connectivity index (χ1n) is 6.72. The highest BCUT2D eigenvalue weighted by Crippen LogP contribution is 2.21. The number of aromatic nitrogens is 4. The van der Waals surface area contributed by atoms with Gasteiger partial charge in [0.1, 0.15) is 18.5 Å². The molecule has 0 amide bonds. The third-order valence-corrected chi connectivity index (χ3v) is 3.84. The normalized spacial score (nSPS) is 11.4. The quantitative estimate of drug-likeness (QED) is 0.507. The first-order valence-corrected chi connectivity index (χ1v) is 6.72. The van der Waals surface area contributed by atoms with Crippen LogP contribution >= 0.6 is 0 Å². The van der Waals surface area contributed by atoms with E-state index in [9.17, 15) is 9.18 Å². The lowest BCUT2D eigenvalue weighted by Gasteiger charge is -2.11. The highest BCUT2D eigenvalue weighted by molar-refractivity contribution is 5.94. The second-order valence-corrected chi connectivity index (χ2v) is 5.09. The van der Waals surface area contributed by atoms with Gasteiger partial charge in [0.2, 0.25) is 0 Å². The lowest BCUT2D eigenvalue weighted by atomic mass is 10.1. The summed E-state index contributed by atoms with van der Waals surface area (Å²) in [6.07, 6.45) is 3.04. The zero-order valence-corrected chi connectivity index (χ0v) is 11.7. The third kappa shape index (κ3) is 1.74. The minimum Gasteiger partial charge on any atom is -0.343 e. The van der Waals surface area contributed by atoms with E-state index in [0.29, 0.717) is 16.3 Å². The standard InChI is InChI=1S/C16H11FN4O/c1-20-14-5-2-10(17)6-13(14)16(22)12-4-3-11(7-15(12)20)21-9-18-8-19-21/h2-9H,1H3. The number of fused-ring (bicyclic) bond motifs is 2. The van der Waals surface area contributed by atoms with E-state index in [4.69, 9.17) is 0 Å². The fourth-order valence-electron chi connectivity index (χ4n) is 2.73. The maximum atomic E-state index is 13.4. The Morgan fingerprint density at radius 2 is 1.91 bits per heavy atom. The van der Waals surface area contributed by atoms with Crippen molar-refractivity contribution in [2.24, 2.45) is 7.05 Å². The van der Waals surface area contributed by atoms with E-state index < -0.39 is 5.82 Å². The number of rotatable bonds is 1. The van der Waals surface area contributed by atoms with Gasteiger partial charge >= 0.3 is 0 Å². The molecule has 5 nitrogen and oxygen atoms in total. The van der Waals surface area contributed by atoms with Crippen molar-refractivity contribution in [3.63, 3.8) is 0 Å². The highest BCUT2D eigenvalue weighted by atomic mass is 19.1. The molecule has 0 aliphatic rings. The number of nitrogens with zero attached hydrogens (tertiary/aromatic N) is 4. The summed E-state index contributed by atoms with van der Waals surface area (Å²) in [5.74, 6) is -0.414. The van der Waals surface area contributed by atoms with Gasteiger partial charge in [0.15, 0.2) is 5.43 Å². The zero-order valence-electron chi connectivity index (χ0n) is 11.7. The number of benzene rings is 2. The van der Waals surface area contributed by atoms with E-state index in [0.717, 1.165) is 11.2 Å². The van der Waals surface area contributed by atoms with Crippen LogP contribution in [0.2, 0.25) is 0 Å². The first kappa shape index (κ1) is 12.7. The van der Waals surface area contributed by atoms with Crippen molar-refractivity contribution in [2.45, 2.75) is 0 Å². The number of pyridine rings is 1. The lowest BCUT2D eigenvalue weighted by Crippen LogP contribution is -2.10. The molecule has 6 heteroatoms. The van der Waals surface area contributed by atoms with Crippen LogP contribution in [0.15, 0.2) is 53.8 Å². The summed E-state index contributed by atoms with van der Waals surface area (Å²) >= 11 is 0. The van der Waals surface area contributed by atoms with Crippen LogP contribution in [0, 0.1) is 5.82 Å². The second kappa shape index (κ2) is 4.49. The monoisotopic (exact) mass is 294 g/mol. The number of hydrogen-bond donors (Lipinski definition) is 0. The molecule has 0 bridgehead atoms. The summed E-state index contributed by atoms with van der Waals surface area (Å²) in [6, 6.07) is 9.65.